The zero-order valence-electron chi connectivity index (χ0n) is 30.0. The van der Waals surface area contributed by atoms with E-state index < -0.39 is 5.60 Å². The van der Waals surface area contributed by atoms with Crippen LogP contribution in [0.15, 0.2) is 65.8 Å². The van der Waals surface area contributed by atoms with Crippen LogP contribution >= 0.6 is 0 Å². The molecule has 1 amide bonds. The molecule has 0 bridgehead atoms. The molecule has 1 unspecified atom stereocenters. The number of aromatic nitrogens is 2. The van der Waals surface area contributed by atoms with Gasteiger partial charge in [-0.3, -0.25) is 9.89 Å². The van der Waals surface area contributed by atoms with Crippen LogP contribution in [0.2, 0.25) is 0 Å². The highest BCUT2D eigenvalue weighted by Crippen LogP contribution is 2.55. The number of fused-ring (bicyclic) bond motifs is 3. The summed E-state index contributed by atoms with van der Waals surface area (Å²) < 4.78 is 5.76. The molecule has 1 N–H and O–H groups in total. The molecule has 3 fully saturated rings. The third-order valence-corrected chi connectivity index (χ3v) is 12.4. The second-order valence-electron chi connectivity index (χ2n) is 16.7. The molecular weight excluding hydrogens is 617 g/mol. The Balaban J connectivity index is 1.00. The Labute approximate surface area is 296 Å². The average molecular weight is 667 g/mol. The van der Waals surface area contributed by atoms with Gasteiger partial charge in [-0.2, -0.15) is 0 Å². The van der Waals surface area contributed by atoms with Gasteiger partial charge in [-0.25, -0.2) is 9.78 Å². The van der Waals surface area contributed by atoms with Crippen molar-refractivity contribution in [2.75, 3.05) is 6.54 Å². The van der Waals surface area contributed by atoms with E-state index in [0.29, 0.717) is 11.3 Å². The molecule has 3 aromatic carbocycles. The van der Waals surface area contributed by atoms with Crippen molar-refractivity contribution in [1.29, 1.82) is 0 Å². The SMILES string of the molecule is CC(C)(C)OC(=O)N1CCCC1C1=Nc2ccc(-c3ccc(-c4ccc(-c5cnc(C6CCCC6)[nH]5)cc4)c4c3CCC43CCCC3)cc2C1. The first-order chi connectivity index (χ1) is 24.2. The van der Waals surface area contributed by atoms with Crippen LogP contribution in [0.25, 0.3) is 33.5 Å². The van der Waals surface area contributed by atoms with Crippen LogP contribution in [-0.2, 0) is 23.0 Å². The highest BCUT2D eigenvalue weighted by molar-refractivity contribution is 6.00. The third kappa shape index (κ3) is 5.59. The number of nitrogens with zero attached hydrogens (tertiary/aromatic N) is 3. The number of H-pyrrole nitrogens is 1. The molecule has 3 aliphatic carbocycles. The first-order valence-corrected chi connectivity index (χ1v) is 19.3. The zero-order chi connectivity index (χ0) is 34.0. The van der Waals surface area contributed by atoms with E-state index in [1.807, 2.05) is 31.9 Å². The van der Waals surface area contributed by atoms with Crippen LogP contribution in [-0.4, -0.2) is 44.9 Å². The highest BCUT2D eigenvalue weighted by Gasteiger charge is 2.44. The molecule has 258 valence electrons. The lowest BCUT2D eigenvalue weighted by Crippen LogP contribution is -2.43. The maximum Gasteiger partial charge on any atom is 0.410 e. The first kappa shape index (κ1) is 31.8. The zero-order valence-corrected chi connectivity index (χ0v) is 30.0. The number of aliphatic imine (C=N–C) groups is 1. The average Bonchev–Trinajstić information content (AvgIpc) is 3.96. The Morgan fingerprint density at radius 2 is 1.60 bits per heavy atom. The van der Waals surface area contributed by atoms with Crippen LogP contribution in [0, 0.1) is 0 Å². The number of amides is 1. The van der Waals surface area contributed by atoms with Gasteiger partial charge in [0.1, 0.15) is 11.4 Å². The lowest BCUT2D eigenvalue weighted by Gasteiger charge is -2.28. The molecule has 1 saturated heterocycles. The second-order valence-corrected chi connectivity index (χ2v) is 16.7. The number of carbonyl (C=O) groups excluding carboxylic acids is 1. The van der Waals surface area contributed by atoms with E-state index in [0.717, 1.165) is 55.1 Å². The Kier molecular flexibility index (Phi) is 7.78. The Morgan fingerprint density at radius 3 is 2.38 bits per heavy atom. The molecule has 2 saturated carbocycles. The van der Waals surface area contributed by atoms with Gasteiger partial charge in [-0.15, -0.1) is 0 Å². The molecule has 5 aliphatic rings. The molecule has 2 aliphatic heterocycles. The molecule has 9 rings (SSSR count). The van der Waals surface area contributed by atoms with Gasteiger partial charge < -0.3 is 9.72 Å². The Hall–Kier alpha value is -4.19. The summed E-state index contributed by atoms with van der Waals surface area (Å²) in [4.78, 5) is 28.5. The molecule has 3 heterocycles. The number of imidazole rings is 1. The van der Waals surface area contributed by atoms with Crippen LogP contribution < -0.4 is 0 Å². The van der Waals surface area contributed by atoms with Crippen molar-refractivity contribution in [3.8, 4) is 33.5 Å². The minimum absolute atomic E-state index is 0.0143. The summed E-state index contributed by atoms with van der Waals surface area (Å²) in [6.45, 7) is 6.53. The molecule has 6 nitrogen and oxygen atoms in total. The molecule has 1 spiro atoms. The van der Waals surface area contributed by atoms with Gasteiger partial charge in [0.15, 0.2) is 0 Å². The van der Waals surface area contributed by atoms with Crippen LogP contribution in [0.5, 0.6) is 0 Å². The smallest absolute Gasteiger partial charge is 0.410 e. The molecular formula is C44H50N4O2. The monoisotopic (exact) mass is 666 g/mol. The Morgan fingerprint density at radius 1 is 0.860 bits per heavy atom. The number of rotatable bonds is 5. The van der Waals surface area contributed by atoms with Gasteiger partial charge in [0.2, 0.25) is 0 Å². The summed E-state index contributed by atoms with van der Waals surface area (Å²) in [6, 6.07) is 20.9. The van der Waals surface area contributed by atoms with Crippen molar-refractivity contribution in [2.24, 2.45) is 4.99 Å². The van der Waals surface area contributed by atoms with Gasteiger partial charge in [-0.1, -0.05) is 68.1 Å². The summed E-state index contributed by atoms with van der Waals surface area (Å²) in [5.74, 6) is 1.75. The Bertz CT molecular complexity index is 1970. The number of aromatic amines is 1. The van der Waals surface area contributed by atoms with Crippen molar-refractivity contribution in [2.45, 2.75) is 127 Å². The minimum atomic E-state index is -0.505. The predicted octanol–water partition coefficient (Wildman–Crippen LogP) is 10.9. The number of likely N-dealkylation sites (tertiary alicyclic amines) is 1. The normalized spacial score (nSPS) is 21.2. The first-order valence-electron chi connectivity index (χ1n) is 19.3. The van der Waals surface area contributed by atoms with E-state index >= 15 is 0 Å². The van der Waals surface area contributed by atoms with E-state index in [-0.39, 0.29) is 12.1 Å². The van der Waals surface area contributed by atoms with Gasteiger partial charge in [0.05, 0.1) is 23.6 Å². The summed E-state index contributed by atoms with van der Waals surface area (Å²) in [5, 5.41) is 0. The van der Waals surface area contributed by atoms with Crippen LogP contribution in [0.3, 0.4) is 0 Å². The maximum atomic E-state index is 13.1. The van der Waals surface area contributed by atoms with Gasteiger partial charge in [0.25, 0.3) is 0 Å². The fourth-order valence-electron chi connectivity index (χ4n) is 10.0. The van der Waals surface area contributed by atoms with Gasteiger partial charge >= 0.3 is 6.09 Å². The van der Waals surface area contributed by atoms with Crippen molar-refractivity contribution in [3.63, 3.8) is 0 Å². The number of hydrogen-bond donors (Lipinski definition) is 1. The van der Waals surface area contributed by atoms with Crippen molar-refractivity contribution in [1.82, 2.24) is 14.9 Å². The summed E-state index contributed by atoms with van der Waals surface area (Å²) in [7, 11) is 0. The summed E-state index contributed by atoms with van der Waals surface area (Å²) >= 11 is 0. The van der Waals surface area contributed by atoms with Crippen LogP contribution in [0.1, 0.15) is 120 Å². The van der Waals surface area contributed by atoms with Crippen molar-refractivity contribution < 1.29 is 9.53 Å². The number of nitrogens with one attached hydrogen (secondary N) is 1. The molecule has 4 aromatic rings. The number of carbonyl (C=O) groups is 1. The van der Waals surface area contributed by atoms with Crippen LogP contribution in [0.4, 0.5) is 10.5 Å². The second kappa shape index (κ2) is 12.2. The lowest BCUT2D eigenvalue weighted by molar-refractivity contribution is 0.0265. The van der Waals surface area contributed by atoms with E-state index in [1.165, 1.54) is 91.2 Å². The number of hydrogen-bond acceptors (Lipinski definition) is 4. The quantitative estimate of drug-likeness (QED) is 0.230. The predicted molar refractivity (Wildman–Crippen MR) is 201 cm³/mol. The van der Waals surface area contributed by atoms with Crippen molar-refractivity contribution >= 4 is 17.5 Å². The highest BCUT2D eigenvalue weighted by atomic mass is 16.6. The molecule has 1 atom stereocenters. The molecule has 0 radical (unpaired) electrons. The van der Waals surface area contributed by atoms with Crippen molar-refractivity contribution in [3.05, 3.63) is 83.3 Å². The van der Waals surface area contributed by atoms with Gasteiger partial charge in [-0.05, 0) is 134 Å². The maximum absolute atomic E-state index is 13.1. The molecule has 50 heavy (non-hydrogen) atoms. The summed E-state index contributed by atoms with van der Waals surface area (Å²) in [5.41, 5.74) is 14.1. The van der Waals surface area contributed by atoms with E-state index in [4.69, 9.17) is 14.7 Å². The topological polar surface area (TPSA) is 70.6 Å². The largest absolute Gasteiger partial charge is 0.444 e. The van der Waals surface area contributed by atoms with Gasteiger partial charge in [0, 0.05) is 24.6 Å². The third-order valence-electron chi connectivity index (χ3n) is 12.4. The van der Waals surface area contributed by atoms with E-state index in [2.05, 4.69) is 59.6 Å². The molecule has 6 heteroatoms. The minimum Gasteiger partial charge on any atom is -0.444 e. The van der Waals surface area contributed by atoms with E-state index in [1.54, 1.807) is 11.1 Å². The number of benzene rings is 3. The molecule has 1 aromatic heterocycles. The van der Waals surface area contributed by atoms with E-state index in [9.17, 15) is 4.79 Å². The number of ether oxygens (including phenoxy) is 1. The fraction of sp³-hybridized carbons (Fsp3) is 0.477. The fourth-order valence-corrected chi connectivity index (χ4v) is 10.0. The standard InChI is InChI=1S/C44H50N4O2/c1-43(2,3)50-42(49)48-24-8-11-39(48)37-26-32-25-31(16-19-36(32)46-37)33-17-18-34(40-35(33)20-23-44(40)21-6-7-22-44)28-12-14-29(15-13-28)38-27-45-41(47-38)30-9-4-5-10-30/h12-19,25,27,30,39H,4-11,20-24,26H2,1-3H3,(H,45,47). The summed E-state index contributed by atoms with van der Waals surface area (Å²) in [6.07, 6.45) is 17.3. The lowest BCUT2D eigenvalue weighted by atomic mass is 9.76.